The summed E-state index contributed by atoms with van der Waals surface area (Å²) < 4.78 is 0. The predicted molar refractivity (Wildman–Crippen MR) is 87.1 cm³/mol. The zero-order valence-electron chi connectivity index (χ0n) is 12.9. The maximum atomic E-state index is 12.7. The predicted octanol–water partition coefficient (Wildman–Crippen LogP) is 2.37. The highest BCUT2D eigenvalue weighted by Crippen LogP contribution is 2.40. The highest BCUT2D eigenvalue weighted by molar-refractivity contribution is 6.06. The molecule has 0 unspecified atom stereocenters. The molecule has 0 radical (unpaired) electrons. The van der Waals surface area contributed by atoms with E-state index >= 15 is 0 Å². The van der Waals surface area contributed by atoms with Crippen molar-refractivity contribution < 1.29 is 4.79 Å². The van der Waals surface area contributed by atoms with Crippen molar-refractivity contribution in [1.29, 1.82) is 0 Å². The molecule has 4 heteroatoms. The number of benzene rings is 1. The molecule has 0 bridgehead atoms. The van der Waals surface area contributed by atoms with Gasteiger partial charge in [0.1, 0.15) is 0 Å². The van der Waals surface area contributed by atoms with Crippen LogP contribution in [0.3, 0.4) is 0 Å². The lowest BCUT2D eigenvalue weighted by molar-refractivity contribution is 0.0943. The Bertz CT molecular complexity index is 732. The molecule has 1 saturated carbocycles. The Morgan fingerprint density at radius 3 is 2.82 bits per heavy atom. The van der Waals surface area contributed by atoms with Crippen LogP contribution in [0.2, 0.25) is 0 Å². The van der Waals surface area contributed by atoms with E-state index in [1.807, 2.05) is 12.1 Å². The van der Waals surface area contributed by atoms with E-state index in [1.54, 1.807) is 0 Å². The van der Waals surface area contributed by atoms with E-state index < -0.39 is 0 Å². The van der Waals surface area contributed by atoms with Gasteiger partial charge in [-0.3, -0.25) is 9.78 Å². The van der Waals surface area contributed by atoms with Crippen molar-refractivity contribution in [3.8, 4) is 0 Å². The minimum Gasteiger partial charge on any atom is -0.352 e. The first kappa shape index (κ1) is 13.7. The molecule has 1 saturated heterocycles. The Hall–Kier alpha value is -1.94. The molecule has 1 aliphatic carbocycles. The molecule has 0 atom stereocenters. The minimum absolute atomic E-state index is 0.0341. The number of rotatable bonds is 4. The average Bonchev–Trinajstić information content (AvgIpc) is 3.29. The van der Waals surface area contributed by atoms with Gasteiger partial charge in [0.2, 0.25) is 0 Å². The van der Waals surface area contributed by atoms with E-state index in [1.165, 1.54) is 12.8 Å². The fourth-order valence-corrected chi connectivity index (χ4v) is 2.96. The number of hydrogen-bond acceptors (Lipinski definition) is 3. The topological polar surface area (TPSA) is 54.0 Å². The summed E-state index contributed by atoms with van der Waals surface area (Å²) in [5.41, 5.74) is 3.95. The first-order valence-electron chi connectivity index (χ1n) is 8.11. The number of fused-ring (bicyclic) bond motifs is 1. The highest BCUT2D eigenvalue weighted by atomic mass is 16.1. The third-order valence-corrected chi connectivity index (χ3v) is 4.64. The minimum atomic E-state index is 0.0341. The molecule has 1 aromatic heterocycles. The van der Waals surface area contributed by atoms with Gasteiger partial charge in [-0.2, -0.15) is 0 Å². The summed E-state index contributed by atoms with van der Waals surface area (Å²) in [5.74, 6) is 1.15. The summed E-state index contributed by atoms with van der Waals surface area (Å²) in [6.45, 7) is 4.81. The first-order valence-corrected chi connectivity index (χ1v) is 8.11. The van der Waals surface area contributed by atoms with Gasteiger partial charge in [0.15, 0.2) is 0 Å². The summed E-state index contributed by atoms with van der Waals surface area (Å²) >= 11 is 0. The number of aromatic nitrogens is 1. The Labute approximate surface area is 130 Å². The van der Waals surface area contributed by atoms with Gasteiger partial charge < -0.3 is 10.6 Å². The molecule has 2 aliphatic rings. The Morgan fingerprint density at radius 2 is 2.14 bits per heavy atom. The van der Waals surface area contributed by atoms with Crippen LogP contribution in [0.4, 0.5) is 0 Å². The zero-order valence-corrected chi connectivity index (χ0v) is 12.9. The maximum absolute atomic E-state index is 12.7. The number of nitrogens with zero attached hydrogens (tertiary/aromatic N) is 1. The van der Waals surface area contributed by atoms with E-state index in [9.17, 15) is 4.79 Å². The van der Waals surface area contributed by atoms with Gasteiger partial charge in [-0.15, -0.1) is 0 Å². The third kappa shape index (κ3) is 2.59. The van der Waals surface area contributed by atoms with Crippen molar-refractivity contribution >= 4 is 16.8 Å². The molecule has 0 spiro atoms. The van der Waals surface area contributed by atoms with Gasteiger partial charge in [-0.05, 0) is 38.0 Å². The average molecular weight is 295 g/mol. The molecule has 22 heavy (non-hydrogen) atoms. The van der Waals surface area contributed by atoms with Crippen LogP contribution in [0.1, 0.15) is 40.4 Å². The molecule has 2 fully saturated rings. The summed E-state index contributed by atoms with van der Waals surface area (Å²) in [5, 5.41) is 7.29. The fourth-order valence-electron chi connectivity index (χ4n) is 2.96. The van der Waals surface area contributed by atoms with Crippen LogP contribution in [-0.4, -0.2) is 30.5 Å². The second-order valence-corrected chi connectivity index (χ2v) is 6.62. The second-order valence-electron chi connectivity index (χ2n) is 6.62. The zero-order chi connectivity index (χ0) is 15.1. The van der Waals surface area contributed by atoms with Crippen LogP contribution in [0.5, 0.6) is 0 Å². The van der Waals surface area contributed by atoms with Crippen LogP contribution >= 0.6 is 0 Å². The van der Waals surface area contributed by atoms with Crippen molar-refractivity contribution in [2.75, 3.05) is 19.6 Å². The third-order valence-electron chi connectivity index (χ3n) is 4.64. The summed E-state index contributed by atoms with van der Waals surface area (Å²) in [6, 6.07) is 8.17. The summed E-state index contributed by atoms with van der Waals surface area (Å²) in [6.07, 6.45) is 2.39. The van der Waals surface area contributed by atoms with Crippen molar-refractivity contribution in [3.05, 3.63) is 41.1 Å². The van der Waals surface area contributed by atoms with E-state index in [0.717, 1.165) is 47.4 Å². The molecule has 2 heterocycles. The van der Waals surface area contributed by atoms with E-state index in [-0.39, 0.29) is 5.91 Å². The van der Waals surface area contributed by atoms with Gasteiger partial charge in [-0.1, -0.05) is 11.6 Å². The number of carbonyl (C=O) groups excluding carboxylic acids is 1. The van der Waals surface area contributed by atoms with E-state index in [4.69, 9.17) is 4.98 Å². The van der Waals surface area contributed by atoms with E-state index in [0.29, 0.717) is 11.8 Å². The molecule has 2 aromatic rings. The van der Waals surface area contributed by atoms with Crippen LogP contribution in [0.15, 0.2) is 24.3 Å². The number of carbonyl (C=O) groups is 1. The Morgan fingerprint density at radius 1 is 1.32 bits per heavy atom. The SMILES string of the molecule is Cc1ccc2nc(C3CC3)cc(C(=O)NCC3CNC3)c2c1. The lowest BCUT2D eigenvalue weighted by Gasteiger charge is -2.27. The molecular weight excluding hydrogens is 274 g/mol. The van der Waals surface area contributed by atoms with Gasteiger partial charge in [0, 0.05) is 42.6 Å². The lowest BCUT2D eigenvalue weighted by atomic mass is 10.0. The second kappa shape index (κ2) is 5.36. The standard InChI is InChI=1S/C18H21N3O/c1-11-2-5-16-14(6-11)15(7-17(21-16)13-3-4-13)18(22)20-10-12-8-19-9-12/h2,5-7,12-13,19H,3-4,8-10H2,1H3,(H,20,22). The first-order chi connectivity index (χ1) is 10.7. The Kier molecular flexibility index (Phi) is 3.34. The number of nitrogens with one attached hydrogen (secondary N) is 2. The fraction of sp³-hybridized carbons (Fsp3) is 0.444. The lowest BCUT2D eigenvalue weighted by Crippen LogP contribution is -2.48. The molecule has 4 nitrogen and oxygen atoms in total. The molecule has 1 aromatic carbocycles. The van der Waals surface area contributed by atoms with E-state index in [2.05, 4.69) is 29.7 Å². The van der Waals surface area contributed by atoms with Crippen LogP contribution in [0, 0.1) is 12.8 Å². The quantitative estimate of drug-likeness (QED) is 0.910. The number of amides is 1. The number of aryl methyl sites for hydroxylation is 1. The van der Waals surface area contributed by atoms with Gasteiger partial charge in [0.25, 0.3) is 5.91 Å². The van der Waals surface area contributed by atoms with Gasteiger partial charge in [-0.25, -0.2) is 0 Å². The molecule has 2 N–H and O–H groups in total. The van der Waals surface area contributed by atoms with Crippen LogP contribution in [-0.2, 0) is 0 Å². The number of hydrogen-bond donors (Lipinski definition) is 2. The van der Waals surface area contributed by atoms with Crippen molar-refractivity contribution in [1.82, 2.24) is 15.6 Å². The Balaban J connectivity index is 1.69. The smallest absolute Gasteiger partial charge is 0.252 e. The van der Waals surface area contributed by atoms with Crippen LogP contribution in [0.25, 0.3) is 10.9 Å². The van der Waals surface area contributed by atoms with Crippen LogP contribution < -0.4 is 10.6 Å². The maximum Gasteiger partial charge on any atom is 0.252 e. The summed E-state index contributed by atoms with van der Waals surface area (Å²) in [7, 11) is 0. The van der Waals surface area contributed by atoms with Crippen molar-refractivity contribution in [2.24, 2.45) is 5.92 Å². The molecule has 114 valence electrons. The molecule has 4 rings (SSSR count). The molecular formula is C18H21N3O. The normalized spacial score (nSPS) is 18.2. The van der Waals surface area contributed by atoms with Gasteiger partial charge in [0.05, 0.1) is 11.1 Å². The molecule has 1 aliphatic heterocycles. The van der Waals surface area contributed by atoms with Gasteiger partial charge >= 0.3 is 0 Å². The summed E-state index contributed by atoms with van der Waals surface area (Å²) in [4.78, 5) is 17.4. The van der Waals surface area contributed by atoms with Crippen molar-refractivity contribution in [2.45, 2.75) is 25.7 Å². The molecule has 1 amide bonds. The monoisotopic (exact) mass is 295 g/mol. The highest BCUT2D eigenvalue weighted by Gasteiger charge is 2.27. The largest absolute Gasteiger partial charge is 0.352 e. The van der Waals surface area contributed by atoms with Crippen molar-refractivity contribution in [3.63, 3.8) is 0 Å². The number of pyridine rings is 1.